The van der Waals surface area contributed by atoms with Crippen molar-refractivity contribution in [2.45, 2.75) is 45.8 Å². The predicted molar refractivity (Wildman–Crippen MR) is 85.4 cm³/mol. The molecule has 1 fully saturated rings. The Morgan fingerprint density at radius 3 is 2.05 bits per heavy atom. The molecule has 0 bridgehead atoms. The van der Waals surface area contributed by atoms with Gasteiger partial charge in [-0.25, -0.2) is 8.42 Å². The van der Waals surface area contributed by atoms with Crippen molar-refractivity contribution in [3.8, 4) is 0 Å². The van der Waals surface area contributed by atoms with Crippen LogP contribution in [-0.4, -0.2) is 33.0 Å². The van der Waals surface area contributed by atoms with Gasteiger partial charge in [-0.1, -0.05) is 6.07 Å². The molecule has 0 aromatic heterocycles. The summed E-state index contributed by atoms with van der Waals surface area (Å²) in [6.45, 7) is 9.92. The third-order valence-corrected chi connectivity index (χ3v) is 4.69. The summed E-state index contributed by atoms with van der Waals surface area (Å²) in [6, 6.07) is 5.33. The van der Waals surface area contributed by atoms with Gasteiger partial charge in [0.15, 0.2) is 0 Å². The van der Waals surface area contributed by atoms with Gasteiger partial charge in [-0.15, -0.1) is 0 Å². The van der Waals surface area contributed by atoms with Crippen molar-refractivity contribution in [1.29, 1.82) is 0 Å². The molecule has 1 aromatic rings. The van der Waals surface area contributed by atoms with Crippen molar-refractivity contribution in [2.24, 2.45) is 0 Å². The second-order valence-corrected chi connectivity index (χ2v) is 8.28. The van der Waals surface area contributed by atoms with Crippen LogP contribution in [-0.2, 0) is 19.3 Å². The third kappa shape index (κ3) is 3.41. The molecule has 0 radical (unpaired) electrons. The van der Waals surface area contributed by atoms with E-state index in [0.717, 1.165) is 17.3 Å². The number of nitrogens with one attached hydrogen (secondary N) is 1. The summed E-state index contributed by atoms with van der Waals surface area (Å²) >= 11 is 0. The van der Waals surface area contributed by atoms with Crippen molar-refractivity contribution >= 4 is 28.3 Å². The molecule has 0 unspecified atom stereocenters. The summed E-state index contributed by atoms with van der Waals surface area (Å²) in [7, 11) is -3.72. The number of sulfonamides is 1. The highest BCUT2D eigenvalue weighted by atomic mass is 32.2. The van der Waals surface area contributed by atoms with Gasteiger partial charge < -0.3 is 9.31 Å². The Balaban J connectivity index is 2.27. The maximum absolute atomic E-state index is 11.3. The van der Waals surface area contributed by atoms with E-state index in [1.807, 2.05) is 40.7 Å². The van der Waals surface area contributed by atoms with Crippen LogP contribution in [0.1, 0.15) is 33.3 Å². The molecule has 1 aliphatic heterocycles. The standard InChI is InChI=1S/C14H22BNO4S/c1-10-9-11(16-21(6,17)18)7-8-12(10)15-19-13(2,3)14(4,5)20-15/h7-9,16H,1-6H3. The molecule has 0 amide bonds. The molecule has 1 saturated heterocycles. The molecule has 2 rings (SSSR count). The van der Waals surface area contributed by atoms with Crippen LogP contribution in [0.2, 0.25) is 0 Å². The van der Waals surface area contributed by atoms with E-state index in [1.54, 1.807) is 12.1 Å². The number of anilines is 1. The van der Waals surface area contributed by atoms with Crippen LogP contribution in [0.3, 0.4) is 0 Å². The van der Waals surface area contributed by atoms with Gasteiger partial charge >= 0.3 is 7.12 Å². The van der Waals surface area contributed by atoms with E-state index in [1.165, 1.54) is 0 Å². The molecule has 1 aliphatic rings. The number of hydrogen-bond acceptors (Lipinski definition) is 4. The minimum absolute atomic E-state index is 0.395. The Kier molecular flexibility index (Phi) is 3.89. The Bertz CT molecular complexity index is 639. The molecule has 1 heterocycles. The Morgan fingerprint density at radius 1 is 1.10 bits per heavy atom. The van der Waals surface area contributed by atoms with E-state index in [0.29, 0.717) is 5.69 Å². The minimum atomic E-state index is -3.28. The van der Waals surface area contributed by atoms with E-state index in [9.17, 15) is 8.42 Å². The summed E-state index contributed by atoms with van der Waals surface area (Å²) < 4.78 is 37.0. The molecule has 0 aliphatic carbocycles. The van der Waals surface area contributed by atoms with Gasteiger partial charge in [0.2, 0.25) is 10.0 Å². The first-order chi connectivity index (χ1) is 9.41. The van der Waals surface area contributed by atoms with Crippen LogP contribution < -0.4 is 10.2 Å². The van der Waals surface area contributed by atoms with Crippen LogP contribution >= 0.6 is 0 Å². The highest BCUT2D eigenvalue weighted by molar-refractivity contribution is 7.92. The van der Waals surface area contributed by atoms with E-state index in [-0.39, 0.29) is 0 Å². The molecule has 21 heavy (non-hydrogen) atoms. The lowest BCUT2D eigenvalue weighted by Crippen LogP contribution is -2.41. The number of rotatable bonds is 3. The zero-order valence-electron chi connectivity index (χ0n) is 13.4. The number of aryl methyl sites for hydroxylation is 1. The van der Waals surface area contributed by atoms with E-state index in [4.69, 9.17) is 9.31 Å². The van der Waals surface area contributed by atoms with Gasteiger partial charge in [0.05, 0.1) is 17.5 Å². The lowest BCUT2D eigenvalue weighted by atomic mass is 9.76. The first-order valence-electron chi connectivity index (χ1n) is 6.85. The van der Waals surface area contributed by atoms with Gasteiger partial charge in [-0.3, -0.25) is 4.72 Å². The highest BCUT2D eigenvalue weighted by Gasteiger charge is 2.52. The van der Waals surface area contributed by atoms with Crippen molar-refractivity contribution < 1.29 is 17.7 Å². The molecule has 116 valence electrons. The Hall–Kier alpha value is -1.05. The SMILES string of the molecule is Cc1cc(NS(C)(=O)=O)ccc1B1OC(C)(C)C(C)(C)O1. The lowest BCUT2D eigenvalue weighted by Gasteiger charge is -2.32. The quantitative estimate of drug-likeness (QED) is 0.862. The third-order valence-electron chi connectivity index (χ3n) is 4.08. The van der Waals surface area contributed by atoms with Crippen molar-refractivity contribution in [3.05, 3.63) is 23.8 Å². The first-order valence-corrected chi connectivity index (χ1v) is 8.74. The van der Waals surface area contributed by atoms with Crippen LogP contribution in [0.15, 0.2) is 18.2 Å². The van der Waals surface area contributed by atoms with Crippen LogP contribution in [0.4, 0.5) is 5.69 Å². The second kappa shape index (κ2) is 5.00. The lowest BCUT2D eigenvalue weighted by molar-refractivity contribution is 0.00578. The predicted octanol–water partition coefficient (Wildman–Crippen LogP) is 1.67. The molecular formula is C14H22BNO4S. The summed E-state index contributed by atoms with van der Waals surface area (Å²) in [5.41, 5.74) is 1.58. The first kappa shape index (κ1) is 16.3. The zero-order chi connectivity index (χ0) is 16.1. The fourth-order valence-corrected chi connectivity index (χ4v) is 2.74. The van der Waals surface area contributed by atoms with E-state index < -0.39 is 28.3 Å². The largest absolute Gasteiger partial charge is 0.495 e. The van der Waals surface area contributed by atoms with Gasteiger partial charge in [-0.2, -0.15) is 0 Å². The molecule has 7 heteroatoms. The molecular weight excluding hydrogens is 289 g/mol. The maximum Gasteiger partial charge on any atom is 0.495 e. The minimum Gasteiger partial charge on any atom is -0.399 e. The Morgan fingerprint density at radius 2 is 1.62 bits per heavy atom. The van der Waals surface area contributed by atoms with E-state index in [2.05, 4.69) is 4.72 Å². The van der Waals surface area contributed by atoms with Crippen LogP contribution in [0, 0.1) is 6.92 Å². The zero-order valence-corrected chi connectivity index (χ0v) is 14.2. The van der Waals surface area contributed by atoms with Crippen molar-refractivity contribution in [2.75, 3.05) is 11.0 Å². The number of benzene rings is 1. The monoisotopic (exact) mass is 311 g/mol. The van der Waals surface area contributed by atoms with Gasteiger partial charge in [0.25, 0.3) is 0 Å². The van der Waals surface area contributed by atoms with Crippen LogP contribution in [0.25, 0.3) is 0 Å². The summed E-state index contributed by atoms with van der Waals surface area (Å²) in [6.07, 6.45) is 1.13. The Labute approximate surface area is 127 Å². The highest BCUT2D eigenvalue weighted by Crippen LogP contribution is 2.36. The number of hydrogen-bond donors (Lipinski definition) is 1. The normalized spacial score (nSPS) is 20.6. The van der Waals surface area contributed by atoms with Gasteiger partial charge in [0, 0.05) is 5.69 Å². The molecule has 5 nitrogen and oxygen atoms in total. The van der Waals surface area contributed by atoms with Crippen molar-refractivity contribution in [1.82, 2.24) is 0 Å². The molecule has 0 atom stereocenters. The van der Waals surface area contributed by atoms with Gasteiger partial charge in [-0.05, 0) is 57.8 Å². The van der Waals surface area contributed by atoms with Crippen molar-refractivity contribution in [3.63, 3.8) is 0 Å². The summed E-state index contributed by atoms with van der Waals surface area (Å²) in [4.78, 5) is 0. The average molecular weight is 311 g/mol. The molecule has 0 spiro atoms. The smallest absolute Gasteiger partial charge is 0.399 e. The van der Waals surface area contributed by atoms with E-state index >= 15 is 0 Å². The summed E-state index contributed by atoms with van der Waals surface area (Å²) in [5, 5.41) is 0. The topological polar surface area (TPSA) is 64.6 Å². The second-order valence-electron chi connectivity index (χ2n) is 6.53. The fourth-order valence-electron chi connectivity index (χ4n) is 2.19. The van der Waals surface area contributed by atoms with Crippen LogP contribution in [0.5, 0.6) is 0 Å². The molecule has 0 saturated carbocycles. The summed E-state index contributed by atoms with van der Waals surface area (Å²) in [5.74, 6) is 0. The maximum atomic E-state index is 11.3. The fraction of sp³-hybridized carbons (Fsp3) is 0.571. The molecule has 1 N–H and O–H groups in total. The molecule has 1 aromatic carbocycles. The van der Waals surface area contributed by atoms with Gasteiger partial charge in [0.1, 0.15) is 0 Å². The average Bonchev–Trinajstić information content (AvgIpc) is 2.45.